The van der Waals surface area contributed by atoms with Gasteiger partial charge in [0.05, 0.1) is 0 Å². The van der Waals surface area contributed by atoms with Gasteiger partial charge < -0.3 is 0 Å². The zero-order chi connectivity index (χ0) is 5.82. The van der Waals surface area contributed by atoms with Crippen LogP contribution < -0.4 is 0 Å². The Morgan fingerprint density at radius 2 is 1.38 bits per heavy atom. The molecule has 1 aliphatic rings. The van der Waals surface area contributed by atoms with E-state index >= 15 is 0 Å². The molecule has 0 aromatic carbocycles. The van der Waals surface area contributed by atoms with Crippen LogP contribution in [0.5, 0.6) is 0 Å². The molecule has 43 valence electrons. The van der Waals surface area contributed by atoms with Crippen LogP contribution >= 0.6 is 0 Å². The fourth-order valence-electron chi connectivity index (χ4n) is 1.36. The second-order valence-corrected chi connectivity index (χ2v) is 7.35. The summed E-state index contributed by atoms with van der Waals surface area (Å²) in [6.07, 6.45) is 9.26. The summed E-state index contributed by atoms with van der Waals surface area (Å²) in [5.74, 6) is 0. The van der Waals surface area contributed by atoms with Gasteiger partial charge in [-0.05, 0) is 0 Å². The fourth-order valence-corrected chi connectivity index (χ4v) is 3.61. The van der Waals surface area contributed by atoms with E-state index in [0.717, 1.165) is 26.1 Å². The predicted octanol–water partition coefficient (Wildman–Crippen LogP) is 2.68. The molecule has 0 aromatic rings. The van der Waals surface area contributed by atoms with E-state index in [2.05, 4.69) is 0 Å². The van der Waals surface area contributed by atoms with Crippen LogP contribution in [0.1, 0.15) is 38.5 Å². The first kappa shape index (κ1) is 7.05. The van der Waals surface area contributed by atoms with Crippen LogP contribution in [0.4, 0.5) is 0 Å². The molecule has 0 heterocycles. The summed E-state index contributed by atoms with van der Waals surface area (Å²) >= 11 is 1.08. The average molecular weight is 298 g/mol. The van der Waals surface area contributed by atoms with Crippen molar-refractivity contribution in [2.24, 2.45) is 0 Å². The van der Waals surface area contributed by atoms with Gasteiger partial charge in [-0.25, -0.2) is 0 Å². The SMILES string of the molecule is [Hg][CH]1CCCCCC1. The Hall–Kier alpha value is 0.935. The molecule has 0 unspecified atom stereocenters. The van der Waals surface area contributed by atoms with Gasteiger partial charge in [0.25, 0.3) is 0 Å². The van der Waals surface area contributed by atoms with Crippen LogP contribution in [0, 0.1) is 0 Å². The van der Waals surface area contributed by atoms with Gasteiger partial charge in [0.15, 0.2) is 0 Å². The van der Waals surface area contributed by atoms with Crippen LogP contribution in [0.3, 0.4) is 0 Å². The van der Waals surface area contributed by atoms with Gasteiger partial charge in [0, 0.05) is 0 Å². The maximum absolute atomic E-state index is 1.57. The molecule has 0 bridgehead atoms. The summed E-state index contributed by atoms with van der Waals surface area (Å²) in [5, 5.41) is 0. The van der Waals surface area contributed by atoms with Gasteiger partial charge in [0.2, 0.25) is 0 Å². The second kappa shape index (κ2) is 3.87. The fraction of sp³-hybridized carbons (Fsp3) is 1.00. The molecule has 1 fully saturated rings. The molecule has 0 aromatic heterocycles. The molecule has 0 N–H and O–H groups in total. The third-order valence-corrected chi connectivity index (χ3v) is 5.15. The minimum absolute atomic E-state index is 1.08. The molecule has 0 atom stereocenters. The van der Waals surface area contributed by atoms with Crippen LogP contribution in [0.2, 0.25) is 3.43 Å². The van der Waals surface area contributed by atoms with Gasteiger partial charge in [-0.1, -0.05) is 0 Å². The Morgan fingerprint density at radius 1 is 0.875 bits per heavy atom. The van der Waals surface area contributed by atoms with Gasteiger partial charge >= 0.3 is 68.1 Å². The van der Waals surface area contributed by atoms with E-state index in [0.29, 0.717) is 0 Å². The van der Waals surface area contributed by atoms with Crippen molar-refractivity contribution in [2.45, 2.75) is 42.0 Å². The number of hydrogen-bond acceptors (Lipinski definition) is 0. The van der Waals surface area contributed by atoms with Gasteiger partial charge in [-0.2, -0.15) is 0 Å². The third kappa shape index (κ3) is 2.47. The summed E-state index contributed by atoms with van der Waals surface area (Å²) in [5.41, 5.74) is 0. The normalized spacial score (nSPS) is 25.2. The zero-order valence-electron chi connectivity index (χ0n) is 5.53. The minimum atomic E-state index is 1.08. The third-order valence-electron chi connectivity index (χ3n) is 1.97. The standard InChI is InChI=1S/C7H13.Hg/c1-2-4-6-7-5-3-1;/h1H,2-7H2;. The number of hydrogen-bond donors (Lipinski definition) is 0. The Kier molecular flexibility index (Phi) is 3.41. The molecule has 1 rings (SSSR count). The van der Waals surface area contributed by atoms with Crippen molar-refractivity contribution in [2.75, 3.05) is 0 Å². The summed E-state index contributed by atoms with van der Waals surface area (Å²) < 4.78 is 1.22. The molecule has 0 spiro atoms. The van der Waals surface area contributed by atoms with Crippen molar-refractivity contribution in [1.29, 1.82) is 0 Å². The molecule has 0 radical (unpaired) electrons. The van der Waals surface area contributed by atoms with Crippen molar-refractivity contribution in [1.82, 2.24) is 0 Å². The van der Waals surface area contributed by atoms with E-state index in [1.165, 1.54) is 29.1 Å². The van der Waals surface area contributed by atoms with Gasteiger partial charge in [-0.15, -0.1) is 0 Å². The molecule has 8 heavy (non-hydrogen) atoms. The van der Waals surface area contributed by atoms with E-state index < -0.39 is 0 Å². The average Bonchev–Trinajstić information content (AvgIpc) is 1.94. The topological polar surface area (TPSA) is 0 Å². The molecule has 1 saturated carbocycles. The maximum atomic E-state index is 1.57. The van der Waals surface area contributed by atoms with Gasteiger partial charge in [0.1, 0.15) is 0 Å². The predicted molar refractivity (Wildman–Crippen MR) is 31.5 cm³/mol. The summed E-state index contributed by atoms with van der Waals surface area (Å²) in [6.45, 7) is 0. The van der Waals surface area contributed by atoms with Crippen molar-refractivity contribution < 1.29 is 26.1 Å². The molecule has 0 saturated heterocycles. The van der Waals surface area contributed by atoms with Gasteiger partial charge in [-0.3, -0.25) is 0 Å². The van der Waals surface area contributed by atoms with E-state index in [-0.39, 0.29) is 0 Å². The first-order valence-electron chi connectivity index (χ1n) is 3.72. The van der Waals surface area contributed by atoms with Crippen LogP contribution in [0.25, 0.3) is 0 Å². The number of rotatable bonds is 0. The van der Waals surface area contributed by atoms with E-state index in [9.17, 15) is 0 Å². The molecular formula is C7H13Hg. The first-order chi connectivity index (χ1) is 3.89. The molecule has 1 aliphatic carbocycles. The van der Waals surface area contributed by atoms with Crippen LogP contribution in [0.15, 0.2) is 0 Å². The van der Waals surface area contributed by atoms with Crippen LogP contribution in [-0.4, -0.2) is 0 Å². The summed E-state index contributed by atoms with van der Waals surface area (Å²) in [7, 11) is 0. The van der Waals surface area contributed by atoms with E-state index in [1.54, 1.807) is 12.8 Å². The Balaban J connectivity index is 2.17. The van der Waals surface area contributed by atoms with E-state index in [4.69, 9.17) is 0 Å². The zero-order valence-corrected chi connectivity index (χ0v) is 11.0. The molecule has 0 nitrogen and oxygen atoms in total. The van der Waals surface area contributed by atoms with Crippen molar-refractivity contribution in [3.8, 4) is 0 Å². The summed E-state index contributed by atoms with van der Waals surface area (Å²) in [4.78, 5) is 0. The first-order valence-corrected chi connectivity index (χ1v) is 6.90. The summed E-state index contributed by atoms with van der Waals surface area (Å²) in [6, 6.07) is 0. The van der Waals surface area contributed by atoms with Crippen molar-refractivity contribution in [3.05, 3.63) is 0 Å². The second-order valence-electron chi connectivity index (χ2n) is 2.86. The van der Waals surface area contributed by atoms with Crippen molar-refractivity contribution >= 4 is 0 Å². The quantitative estimate of drug-likeness (QED) is 0.476. The van der Waals surface area contributed by atoms with Crippen molar-refractivity contribution in [3.63, 3.8) is 0 Å². The molecular weight excluding hydrogens is 285 g/mol. The Bertz CT molecular complexity index is 53.4. The molecule has 0 amide bonds. The molecule has 0 aliphatic heterocycles. The molecule has 1 heteroatoms. The Labute approximate surface area is 68.0 Å². The van der Waals surface area contributed by atoms with Crippen LogP contribution in [-0.2, 0) is 26.1 Å². The van der Waals surface area contributed by atoms with E-state index in [1.807, 2.05) is 0 Å². The Morgan fingerprint density at radius 3 is 1.88 bits per heavy atom. The monoisotopic (exact) mass is 299 g/mol.